The van der Waals surface area contributed by atoms with Gasteiger partial charge in [-0.05, 0) is 44.9 Å². The van der Waals surface area contributed by atoms with Crippen LogP contribution in [0.25, 0.3) is 0 Å². The predicted molar refractivity (Wildman–Crippen MR) is 76.2 cm³/mol. The van der Waals surface area contributed by atoms with Crippen molar-refractivity contribution >= 4 is 5.97 Å². The number of aliphatic carboxylic acids is 1. The first-order valence-corrected chi connectivity index (χ1v) is 7.57. The molecule has 4 unspecified atom stereocenters. The third-order valence-electron chi connectivity index (χ3n) is 4.92. The molecule has 0 aromatic rings. The van der Waals surface area contributed by atoms with Crippen LogP contribution in [0.3, 0.4) is 0 Å². The van der Waals surface area contributed by atoms with E-state index in [0.717, 1.165) is 37.8 Å². The Morgan fingerprint density at radius 3 is 2.32 bits per heavy atom. The van der Waals surface area contributed by atoms with Crippen molar-refractivity contribution in [3.63, 3.8) is 0 Å². The molecular weight excluding hydrogens is 240 g/mol. The molecule has 0 aromatic heterocycles. The molecule has 1 aliphatic carbocycles. The van der Waals surface area contributed by atoms with E-state index in [0.29, 0.717) is 18.5 Å². The van der Waals surface area contributed by atoms with Gasteiger partial charge in [-0.2, -0.15) is 0 Å². The molecule has 1 saturated carbocycles. The lowest BCUT2D eigenvalue weighted by Gasteiger charge is -2.33. The molecule has 0 aromatic carbocycles. The van der Waals surface area contributed by atoms with Crippen molar-refractivity contribution < 1.29 is 9.90 Å². The van der Waals surface area contributed by atoms with Gasteiger partial charge in [0, 0.05) is 25.2 Å². The van der Waals surface area contributed by atoms with Gasteiger partial charge in [0.2, 0.25) is 0 Å². The van der Waals surface area contributed by atoms with Crippen LogP contribution in [0.2, 0.25) is 0 Å². The monoisotopic (exact) mass is 268 g/mol. The van der Waals surface area contributed by atoms with Gasteiger partial charge in [-0.1, -0.05) is 13.8 Å². The second kappa shape index (κ2) is 5.41. The number of carboxylic acid groups (broad SMARTS) is 1. The number of likely N-dealkylation sites (tertiary alicyclic amines) is 1. The second-order valence-corrected chi connectivity index (χ2v) is 7.02. The summed E-state index contributed by atoms with van der Waals surface area (Å²) in [6.45, 7) is 10.8. The molecule has 4 heteroatoms. The van der Waals surface area contributed by atoms with Gasteiger partial charge in [-0.25, -0.2) is 0 Å². The predicted octanol–water partition coefficient (Wildman–Crippen LogP) is 1.95. The van der Waals surface area contributed by atoms with E-state index in [1.807, 2.05) is 6.92 Å². The number of carboxylic acids is 1. The minimum Gasteiger partial charge on any atom is -0.480 e. The van der Waals surface area contributed by atoms with Crippen molar-refractivity contribution in [2.75, 3.05) is 13.1 Å². The summed E-state index contributed by atoms with van der Waals surface area (Å²) in [4.78, 5) is 14.0. The number of hydrogen-bond acceptors (Lipinski definition) is 3. The molecule has 1 heterocycles. The quantitative estimate of drug-likeness (QED) is 0.773. The minimum atomic E-state index is -0.782. The van der Waals surface area contributed by atoms with E-state index in [1.165, 1.54) is 0 Å². The fourth-order valence-corrected chi connectivity index (χ4v) is 3.14. The Hall–Kier alpha value is -0.610. The van der Waals surface area contributed by atoms with E-state index in [9.17, 15) is 9.90 Å². The van der Waals surface area contributed by atoms with Gasteiger partial charge in [0.05, 0.1) is 0 Å². The highest BCUT2D eigenvalue weighted by Crippen LogP contribution is 2.29. The van der Waals surface area contributed by atoms with Crippen molar-refractivity contribution in [1.82, 2.24) is 10.2 Å². The third kappa shape index (κ3) is 3.48. The highest BCUT2D eigenvalue weighted by atomic mass is 16.4. The largest absolute Gasteiger partial charge is 0.480 e. The Kier molecular flexibility index (Phi) is 4.21. The van der Waals surface area contributed by atoms with Crippen LogP contribution in [0.4, 0.5) is 0 Å². The lowest BCUT2D eigenvalue weighted by Crippen LogP contribution is -2.54. The number of rotatable bonds is 6. The SMILES string of the molecule is CC1CN(C(C)CC(C)(NC2CC2)C(=O)O)CC1C. The molecule has 1 saturated heterocycles. The molecule has 4 atom stereocenters. The van der Waals surface area contributed by atoms with Gasteiger partial charge in [0.15, 0.2) is 0 Å². The zero-order valence-electron chi connectivity index (χ0n) is 12.6. The first-order chi connectivity index (χ1) is 8.82. The molecule has 1 aliphatic heterocycles. The first kappa shape index (κ1) is 14.8. The molecule has 0 amide bonds. The van der Waals surface area contributed by atoms with Gasteiger partial charge >= 0.3 is 5.97 Å². The summed E-state index contributed by atoms with van der Waals surface area (Å²) in [5.41, 5.74) is -0.782. The summed E-state index contributed by atoms with van der Waals surface area (Å²) in [6, 6.07) is 0.740. The van der Waals surface area contributed by atoms with Gasteiger partial charge in [0.1, 0.15) is 5.54 Å². The molecule has 0 radical (unpaired) electrons. The smallest absolute Gasteiger partial charge is 0.323 e. The zero-order valence-corrected chi connectivity index (χ0v) is 12.6. The van der Waals surface area contributed by atoms with Crippen LogP contribution < -0.4 is 5.32 Å². The Morgan fingerprint density at radius 1 is 1.37 bits per heavy atom. The highest BCUT2D eigenvalue weighted by Gasteiger charge is 2.41. The fourth-order valence-electron chi connectivity index (χ4n) is 3.14. The van der Waals surface area contributed by atoms with Crippen LogP contribution >= 0.6 is 0 Å². The summed E-state index contributed by atoms with van der Waals surface area (Å²) >= 11 is 0. The first-order valence-electron chi connectivity index (χ1n) is 7.57. The number of hydrogen-bond donors (Lipinski definition) is 2. The van der Waals surface area contributed by atoms with Crippen LogP contribution in [0.1, 0.15) is 47.0 Å². The van der Waals surface area contributed by atoms with Crippen molar-refractivity contribution in [2.24, 2.45) is 11.8 Å². The Labute approximate surface area is 116 Å². The normalized spacial score (nSPS) is 33.1. The van der Waals surface area contributed by atoms with Crippen molar-refractivity contribution in [2.45, 2.75) is 64.6 Å². The topological polar surface area (TPSA) is 52.6 Å². The van der Waals surface area contributed by atoms with Gasteiger partial charge in [0.25, 0.3) is 0 Å². The van der Waals surface area contributed by atoms with Gasteiger partial charge in [-0.15, -0.1) is 0 Å². The zero-order chi connectivity index (χ0) is 14.2. The molecule has 2 aliphatic rings. The van der Waals surface area contributed by atoms with Gasteiger partial charge in [-0.3, -0.25) is 10.1 Å². The van der Waals surface area contributed by atoms with E-state index in [2.05, 4.69) is 31.0 Å². The maximum Gasteiger partial charge on any atom is 0.323 e. The van der Waals surface area contributed by atoms with Crippen LogP contribution in [0.5, 0.6) is 0 Å². The lowest BCUT2D eigenvalue weighted by atomic mass is 9.92. The number of nitrogens with zero attached hydrogens (tertiary/aromatic N) is 1. The van der Waals surface area contributed by atoms with E-state index in [1.54, 1.807) is 0 Å². The maximum atomic E-state index is 11.6. The van der Waals surface area contributed by atoms with Crippen molar-refractivity contribution in [3.8, 4) is 0 Å². The third-order valence-corrected chi connectivity index (χ3v) is 4.92. The minimum absolute atomic E-state index is 0.319. The molecule has 110 valence electrons. The van der Waals surface area contributed by atoms with Crippen LogP contribution in [0.15, 0.2) is 0 Å². The Balaban J connectivity index is 1.94. The van der Waals surface area contributed by atoms with Crippen LogP contribution in [-0.2, 0) is 4.79 Å². The van der Waals surface area contributed by atoms with E-state index in [-0.39, 0.29) is 0 Å². The van der Waals surface area contributed by atoms with Crippen LogP contribution in [-0.4, -0.2) is 46.7 Å². The summed E-state index contributed by atoms with van der Waals surface area (Å²) < 4.78 is 0. The van der Waals surface area contributed by atoms with Crippen molar-refractivity contribution in [3.05, 3.63) is 0 Å². The molecule has 2 N–H and O–H groups in total. The summed E-state index contributed by atoms with van der Waals surface area (Å²) in [6.07, 6.45) is 2.92. The summed E-state index contributed by atoms with van der Waals surface area (Å²) in [5, 5.41) is 12.8. The van der Waals surface area contributed by atoms with E-state index < -0.39 is 11.5 Å². The fraction of sp³-hybridized carbons (Fsp3) is 0.933. The second-order valence-electron chi connectivity index (χ2n) is 7.02. The molecule has 19 heavy (non-hydrogen) atoms. The van der Waals surface area contributed by atoms with E-state index >= 15 is 0 Å². The Morgan fingerprint density at radius 2 is 1.89 bits per heavy atom. The molecule has 2 fully saturated rings. The number of nitrogens with one attached hydrogen (secondary N) is 1. The maximum absolute atomic E-state index is 11.6. The van der Waals surface area contributed by atoms with Crippen LogP contribution in [0, 0.1) is 11.8 Å². The molecule has 4 nitrogen and oxygen atoms in total. The molecule has 0 spiro atoms. The molecule has 0 bridgehead atoms. The average Bonchev–Trinajstić information content (AvgIpc) is 3.04. The van der Waals surface area contributed by atoms with E-state index in [4.69, 9.17) is 0 Å². The van der Waals surface area contributed by atoms with Gasteiger partial charge < -0.3 is 10.0 Å². The number of carbonyl (C=O) groups is 1. The standard InChI is InChI=1S/C15H28N2O2/c1-10-8-17(9-11(10)2)12(3)7-15(4,14(18)19)16-13-5-6-13/h10-13,16H,5-9H2,1-4H3,(H,18,19). The Bertz CT molecular complexity index is 333. The molecule has 2 rings (SSSR count). The summed E-state index contributed by atoms with van der Waals surface area (Å²) in [7, 11) is 0. The summed E-state index contributed by atoms with van der Waals surface area (Å²) in [5.74, 6) is 0.719. The highest BCUT2D eigenvalue weighted by molar-refractivity contribution is 5.78. The lowest BCUT2D eigenvalue weighted by molar-refractivity contribution is -0.145. The van der Waals surface area contributed by atoms with Crippen molar-refractivity contribution in [1.29, 1.82) is 0 Å². The molecular formula is C15H28N2O2. The average molecular weight is 268 g/mol.